The van der Waals surface area contributed by atoms with Gasteiger partial charge in [0.15, 0.2) is 0 Å². The van der Waals surface area contributed by atoms with Crippen LogP contribution in [0.1, 0.15) is 41.8 Å². The summed E-state index contributed by atoms with van der Waals surface area (Å²) in [4.78, 5) is 23.2. The van der Waals surface area contributed by atoms with Crippen molar-refractivity contribution in [2.75, 3.05) is 12.3 Å². The van der Waals surface area contributed by atoms with Gasteiger partial charge in [-0.2, -0.15) is 4.98 Å². The van der Waals surface area contributed by atoms with Gasteiger partial charge in [0.05, 0.1) is 5.37 Å². The fraction of sp³-hybridized carbons (Fsp3) is 0.571. The normalized spacial score (nSPS) is 18.6. The minimum atomic E-state index is -0.0824. The number of aromatic nitrogens is 4. The Morgan fingerprint density at radius 2 is 2.24 bits per heavy atom. The predicted octanol–water partition coefficient (Wildman–Crippen LogP) is 2.06. The van der Waals surface area contributed by atoms with E-state index in [1.54, 1.807) is 4.52 Å². The van der Waals surface area contributed by atoms with Crippen LogP contribution in [0, 0.1) is 13.8 Å². The molecule has 6 nitrogen and oxygen atoms in total. The molecule has 0 aliphatic carbocycles. The van der Waals surface area contributed by atoms with Crippen molar-refractivity contribution in [1.29, 1.82) is 0 Å². The highest BCUT2D eigenvalue weighted by atomic mass is 32.2. The Balaban J connectivity index is 1.93. The minimum absolute atomic E-state index is 0.0824. The van der Waals surface area contributed by atoms with E-state index in [1.807, 2.05) is 36.6 Å². The lowest BCUT2D eigenvalue weighted by molar-refractivity contribution is 0.0744. The zero-order valence-electron chi connectivity index (χ0n) is 12.5. The van der Waals surface area contributed by atoms with E-state index in [4.69, 9.17) is 0 Å². The first-order chi connectivity index (χ1) is 10.1. The lowest BCUT2D eigenvalue weighted by Gasteiger charge is -2.21. The molecule has 0 bridgehead atoms. The van der Waals surface area contributed by atoms with Gasteiger partial charge in [0.1, 0.15) is 0 Å². The first kappa shape index (κ1) is 14.3. The molecule has 0 saturated carbocycles. The van der Waals surface area contributed by atoms with Gasteiger partial charge in [0, 0.05) is 23.7 Å². The van der Waals surface area contributed by atoms with Crippen LogP contribution in [0.4, 0.5) is 0 Å². The highest BCUT2D eigenvalue weighted by Gasteiger charge is 2.31. The summed E-state index contributed by atoms with van der Waals surface area (Å²) in [6, 6.07) is 1.93. The molecule has 21 heavy (non-hydrogen) atoms. The molecule has 1 aliphatic heterocycles. The molecular weight excluding hydrogens is 286 g/mol. The van der Waals surface area contributed by atoms with Crippen molar-refractivity contribution in [3.05, 3.63) is 23.3 Å². The summed E-state index contributed by atoms with van der Waals surface area (Å²) in [6.45, 7) is 6.77. The molecule has 0 unspecified atom stereocenters. The molecule has 1 amide bonds. The van der Waals surface area contributed by atoms with Crippen LogP contribution in [0.15, 0.2) is 6.07 Å². The number of carbonyl (C=O) groups excluding carboxylic acids is 1. The molecule has 3 rings (SSSR count). The molecule has 112 valence electrons. The highest BCUT2D eigenvalue weighted by Crippen LogP contribution is 2.28. The van der Waals surface area contributed by atoms with E-state index in [1.165, 1.54) is 0 Å². The first-order valence-electron chi connectivity index (χ1n) is 7.23. The van der Waals surface area contributed by atoms with E-state index >= 15 is 0 Å². The molecule has 1 atom stereocenters. The number of nitrogens with zero attached hydrogens (tertiary/aromatic N) is 5. The van der Waals surface area contributed by atoms with Crippen LogP contribution >= 0.6 is 11.8 Å². The molecule has 0 radical (unpaired) electrons. The maximum atomic E-state index is 12.6. The first-order valence-corrected chi connectivity index (χ1v) is 8.28. The second-order valence-corrected chi connectivity index (χ2v) is 6.58. The summed E-state index contributed by atoms with van der Waals surface area (Å²) in [5, 5.41) is 4.59. The van der Waals surface area contributed by atoms with Crippen LogP contribution in [-0.4, -0.2) is 48.1 Å². The number of thioether (sulfide) groups is 1. The van der Waals surface area contributed by atoms with Crippen molar-refractivity contribution in [3.63, 3.8) is 0 Å². The van der Waals surface area contributed by atoms with E-state index in [9.17, 15) is 4.79 Å². The van der Waals surface area contributed by atoms with Crippen LogP contribution in [-0.2, 0) is 0 Å². The summed E-state index contributed by atoms with van der Waals surface area (Å²) in [5.41, 5.74) is 1.82. The highest BCUT2D eigenvalue weighted by molar-refractivity contribution is 8.00. The number of aryl methyl sites for hydroxylation is 2. The maximum absolute atomic E-state index is 12.6. The number of hydrogen-bond donors (Lipinski definition) is 0. The third kappa shape index (κ3) is 2.62. The van der Waals surface area contributed by atoms with Gasteiger partial charge in [0.25, 0.3) is 11.7 Å². The van der Waals surface area contributed by atoms with E-state index < -0.39 is 0 Å². The van der Waals surface area contributed by atoms with Gasteiger partial charge >= 0.3 is 0 Å². The molecule has 2 aromatic heterocycles. The average Bonchev–Trinajstić information content (AvgIpc) is 3.05. The zero-order valence-corrected chi connectivity index (χ0v) is 13.4. The standard InChI is InChI=1S/C14H19N5OS/c1-4-5-11-18(6-7-21-11)13(20)12-16-14-15-9(2)8-10(3)19(14)17-12/h8,11H,4-7H2,1-3H3/t11-/m0/s1. The molecule has 3 heterocycles. The maximum Gasteiger partial charge on any atom is 0.294 e. The lowest BCUT2D eigenvalue weighted by atomic mass is 10.3. The van der Waals surface area contributed by atoms with E-state index in [2.05, 4.69) is 22.0 Å². The molecule has 0 N–H and O–H groups in total. The van der Waals surface area contributed by atoms with Crippen molar-refractivity contribution in [3.8, 4) is 0 Å². The van der Waals surface area contributed by atoms with Crippen molar-refractivity contribution < 1.29 is 4.79 Å². The molecule has 0 spiro atoms. The predicted molar refractivity (Wildman–Crippen MR) is 82.4 cm³/mol. The Kier molecular flexibility index (Phi) is 3.84. The monoisotopic (exact) mass is 305 g/mol. The summed E-state index contributed by atoms with van der Waals surface area (Å²) >= 11 is 1.84. The average molecular weight is 305 g/mol. The van der Waals surface area contributed by atoms with Crippen molar-refractivity contribution in [2.45, 2.75) is 39.0 Å². The fourth-order valence-electron chi connectivity index (χ4n) is 2.62. The van der Waals surface area contributed by atoms with Gasteiger partial charge in [-0.05, 0) is 26.3 Å². The number of hydrogen-bond acceptors (Lipinski definition) is 5. The van der Waals surface area contributed by atoms with Crippen LogP contribution < -0.4 is 0 Å². The molecule has 1 aliphatic rings. The van der Waals surface area contributed by atoms with Gasteiger partial charge in [-0.25, -0.2) is 9.50 Å². The van der Waals surface area contributed by atoms with Gasteiger partial charge in [-0.15, -0.1) is 16.9 Å². The molecule has 1 saturated heterocycles. The Labute approximate surface area is 128 Å². The van der Waals surface area contributed by atoms with Crippen LogP contribution in [0.2, 0.25) is 0 Å². The number of amides is 1. The third-order valence-corrected chi connectivity index (χ3v) is 4.89. The topological polar surface area (TPSA) is 63.4 Å². The van der Waals surface area contributed by atoms with Crippen LogP contribution in [0.25, 0.3) is 5.78 Å². The van der Waals surface area contributed by atoms with Gasteiger partial charge in [-0.3, -0.25) is 4.79 Å². The lowest BCUT2D eigenvalue weighted by Crippen LogP contribution is -2.35. The second-order valence-electron chi connectivity index (χ2n) is 5.30. The van der Waals surface area contributed by atoms with Crippen molar-refractivity contribution in [1.82, 2.24) is 24.5 Å². The van der Waals surface area contributed by atoms with Crippen molar-refractivity contribution >= 4 is 23.4 Å². The van der Waals surface area contributed by atoms with Crippen LogP contribution in [0.3, 0.4) is 0 Å². The molecule has 2 aromatic rings. The second kappa shape index (κ2) is 5.63. The van der Waals surface area contributed by atoms with E-state index in [0.717, 1.165) is 36.5 Å². The summed E-state index contributed by atoms with van der Waals surface area (Å²) in [5.74, 6) is 1.65. The molecular formula is C14H19N5OS. The van der Waals surface area contributed by atoms with E-state index in [0.29, 0.717) is 5.78 Å². The molecule has 7 heteroatoms. The third-order valence-electron chi connectivity index (χ3n) is 3.60. The molecule has 0 aromatic carbocycles. The van der Waals surface area contributed by atoms with Gasteiger partial charge in [-0.1, -0.05) is 13.3 Å². The molecule has 1 fully saturated rings. The fourth-order valence-corrected chi connectivity index (χ4v) is 3.98. The van der Waals surface area contributed by atoms with Gasteiger partial charge in [0.2, 0.25) is 5.82 Å². The number of rotatable bonds is 3. The quantitative estimate of drug-likeness (QED) is 0.868. The summed E-state index contributed by atoms with van der Waals surface area (Å²) in [6.07, 6.45) is 2.08. The number of fused-ring (bicyclic) bond motifs is 1. The zero-order chi connectivity index (χ0) is 15.0. The largest absolute Gasteiger partial charge is 0.323 e. The SMILES string of the molecule is CCC[C@@H]1SCCN1C(=O)c1nc2nc(C)cc(C)n2n1. The van der Waals surface area contributed by atoms with E-state index in [-0.39, 0.29) is 17.1 Å². The summed E-state index contributed by atoms with van der Waals surface area (Å²) < 4.78 is 1.64. The Morgan fingerprint density at radius 1 is 1.43 bits per heavy atom. The smallest absolute Gasteiger partial charge is 0.294 e. The number of carbonyl (C=O) groups is 1. The summed E-state index contributed by atoms with van der Waals surface area (Å²) in [7, 11) is 0. The Bertz CT molecular complexity index is 683. The van der Waals surface area contributed by atoms with Crippen molar-refractivity contribution in [2.24, 2.45) is 0 Å². The van der Waals surface area contributed by atoms with Gasteiger partial charge < -0.3 is 4.90 Å². The Hall–Kier alpha value is -1.63. The van der Waals surface area contributed by atoms with Crippen LogP contribution in [0.5, 0.6) is 0 Å². The Morgan fingerprint density at radius 3 is 3.00 bits per heavy atom. The minimum Gasteiger partial charge on any atom is -0.323 e.